The second-order valence-electron chi connectivity index (χ2n) is 7.97. The number of carbonyl (C=O) groups excluding carboxylic acids is 1. The fourth-order valence-electron chi connectivity index (χ4n) is 4.04. The van der Waals surface area contributed by atoms with Crippen LogP contribution in [0.25, 0.3) is 0 Å². The summed E-state index contributed by atoms with van der Waals surface area (Å²) in [4.78, 5) is 25.8. The van der Waals surface area contributed by atoms with Crippen molar-refractivity contribution in [2.75, 3.05) is 43.4 Å². The van der Waals surface area contributed by atoms with Crippen molar-refractivity contribution in [3.05, 3.63) is 53.0 Å². The maximum absolute atomic E-state index is 12.9. The Balaban J connectivity index is 1.36. The number of hydrogen-bond acceptors (Lipinski definition) is 6. The van der Waals surface area contributed by atoms with Gasteiger partial charge in [-0.15, -0.1) is 0 Å². The summed E-state index contributed by atoms with van der Waals surface area (Å²) in [6.07, 6.45) is 4.08. The monoisotopic (exact) mass is 429 g/mol. The summed E-state index contributed by atoms with van der Waals surface area (Å²) in [5.74, 6) is 1.14. The van der Waals surface area contributed by atoms with E-state index in [1.165, 1.54) is 4.31 Å². The van der Waals surface area contributed by atoms with Crippen molar-refractivity contribution in [3.8, 4) is 0 Å². The Morgan fingerprint density at radius 1 is 1.03 bits per heavy atom. The number of hydrogen-bond donors (Lipinski definition) is 0. The lowest BCUT2D eigenvalue weighted by atomic mass is 10.1. The summed E-state index contributed by atoms with van der Waals surface area (Å²) in [7, 11) is -3.15. The minimum Gasteiger partial charge on any atom is -0.353 e. The van der Waals surface area contributed by atoms with E-state index >= 15 is 0 Å². The molecule has 4 heterocycles. The van der Waals surface area contributed by atoms with Gasteiger partial charge in [0.25, 0.3) is 5.91 Å². The molecular formula is C21H27N5O3S. The molecule has 30 heavy (non-hydrogen) atoms. The molecular weight excluding hydrogens is 402 g/mol. The third kappa shape index (κ3) is 4.32. The molecule has 0 atom stereocenters. The normalized spacial score (nSPS) is 19.3. The van der Waals surface area contributed by atoms with Crippen molar-refractivity contribution in [2.24, 2.45) is 0 Å². The number of carbonyl (C=O) groups is 1. The Hall–Kier alpha value is -2.52. The molecule has 160 valence electrons. The van der Waals surface area contributed by atoms with Gasteiger partial charge < -0.3 is 9.80 Å². The SMILES string of the molecule is Cc1cnc(N2CCN(C(=O)c3ccc(CN4CCCS4(=O)=O)nc3)CC2)c(C)c1. The summed E-state index contributed by atoms with van der Waals surface area (Å²) in [5, 5.41) is 0. The summed E-state index contributed by atoms with van der Waals surface area (Å²) in [6.45, 7) is 7.62. The van der Waals surface area contributed by atoms with Gasteiger partial charge in [0.15, 0.2) is 0 Å². The molecule has 0 N–H and O–H groups in total. The molecule has 9 heteroatoms. The van der Waals surface area contributed by atoms with Crippen LogP contribution < -0.4 is 4.90 Å². The van der Waals surface area contributed by atoms with E-state index in [1.807, 2.05) is 18.0 Å². The van der Waals surface area contributed by atoms with E-state index < -0.39 is 10.0 Å². The molecule has 8 nitrogen and oxygen atoms in total. The molecule has 2 aliphatic rings. The fraction of sp³-hybridized carbons (Fsp3) is 0.476. The van der Waals surface area contributed by atoms with Crippen LogP contribution in [0, 0.1) is 13.8 Å². The van der Waals surface area contributed by atoms with Crippen molar-refractivity contribution < 1.29 is 13.2 Å². The van der Waals surface area contributed by atoms with E-state index in [4.69, 9.17) is 0 Å². The summed E-state index contributed by atoms with van der Waals surface area (Å²) in [5.41, 5.74) is 3.47. The highest BCUT2D eigenvalue weighted by Crippen LogP contribution is 2.20. The van der Waals surface area contributed by atoms with E-state index in [0.29, 0.717) is 37.3 Å². The lowest BCUT2D eigenvalue weighted by Gasteiger charge is -2.36. The number of amides is 1. The molecule has 0 aliphatic carbocycles. The highest BCUT2D eigenvalue weighted by Gasteiger charge is 2.28. The molecule has 2 aromatic rings. The molecule has 4 rings (SSSR count). The Morgan fingerprint density at radius 2 is 1.80 bits per heavy atom. The number of anilines is 1. The number of sulfonamides is 1. The maximum Gasteiger partial charge on any atom is 0.255 e. The number of pyridine rings is 2. The first-order chi connectivity index (χ1) is 14.3. The van der Waals surface area contributed by atoms with Gasteiger partial charge in [-0.25, -0.2) is 13.4 Å². The Bertz CT molecular complexity index is 1030. The molecule has 2 fully saturated rings. The van der Waals surface area contributed by atoms with Crippen molar-refractivity contribution in [1.82, 2.24) is 19.2 Å². The average Bonchev–Trinajstić information content (AvgIpc) is 3.06. The Labute approximate surface area is 177 Å². The number of nitrogens with zero attached hydrogens (tertiary/aromatic N) is 5. The largest absolute Gasteiger partial charge is 0.353 e. The third-order valence-electron chi connectivity index (χ3n) is 5.67. The highest BCUT2D eigenvalue weighted by atomic mass is 32.2. The number of aryl methyl sites for hydroxylation is 2. The first-order valence-corrected chi connectivity index (χ1v) is 11.8. The topological polar surface area (TPSA) is 86.7 Å². The van der Waals surface area contributed by atoms with Crippen LogP contribution in [0.2, 0.25) is 0 Å². The fourth-order valence-corrected chi connectivity index (χ4v) is 5.53. The quantitative estimate of drug-likeness (QED) is 0.734. The molecule has 2 aliphatic heterocycles. The lowest BCUT2D eigenvalue weighted by molar-refractivity contribution is 0.0746. The molecule has 0 radical (unpaired) electrons. The molecule has 1 amide bonds. The second kappa shape index (κ2) is 8.31. The van der Waals surface area contributed by atoms with Crippen molar-refractivity contribution in [1.29, 1.82) is 0 Å². The summed E-state index contributed by atoms with van der Waals surface area (Å²) < 4.78 is 25.3. The molecule has 0 spiro atoms. The molecule has 2 aromatic heterocycles. The predicted molar refractivity (Wildman–Crippen MR) is 115 cm³/mol. The molecule has 0 saturated carbocycles. The zero-order chi connectivity index (χ0) is 21.3. The summed E-state index contributed by atoms with van der Waals surface area (Å²) in [6, 6.07) is 5.61. The van der Waals surface area contributed by atoms with Crippen LogP contribution in [0.4, 0.5) is 5.82 Å². The highest BCUT2D eigenvalue weighted by molar-refractivity contribution is 7.89. The predicted octanol–water partition coefficient (Wildman–Crippen LogP) is 1.59. The van der Waals surface area contributed by atoms with Gasteiger partial charge in [-0.3, -0.25) is 9.78 Å². The van der Waals surface area contributed by atoms with Gasteiger partial charge in [-0.2, -0.15) is 4.31 Å². The Morgan fingerprint density at radius 3 is 2.40 bits per heavy atom. The van der Waals surface area contributed by atoms with Gasteiger partial charge in [0, 0.05) is 45.1 Å². The van der Waals surface area contributed by atoms with Gasteiger partial charge >= 0.3 is 0 Å². The lowest BCUT2D eigenvalue weighted by Crippen LogP contribution is -2.49. The molecule has 0 unspecified atom stereocenters. The van der Waals surface area contributed by atoms with Crippen LogP contribution in [0.3, 0.4) is 0 Å². The zero-order valence-corrected chi connectivity index (χ0v) is 18.2. The van der Waals surface area contributed by atoms with Crippen LogP contribution >= 0.6 is 0 Å². The van der Waals surface area contributed by atoms with Gasteiger partial charge in [0.05, 0.1) is 23.6 Å². The minimum absolute atomic E-state index is 0.0453. The van der Waals surface area contributed by atoms with Crippen molar-refractivity contribution in [3.63, 3.8) is 0 Å². The van der Waals surface area contributed by atoms with Crippen LogP contribution in [0.15, 0.2) is 30.6 Å². The number of piperazine rings is 1. The molecule has 0 aromatic carbocycles. The van der Waals surface area contributed by atoms with Crippen LogP contribution in [0.5, 0.6) is 0 Å². The number of aromatic nitrogens is 2. The van der Waals surface area contributed by atoms with E-state index in [-0.39, 0.29) is 18.2 Å². The maximum atomic E-state index is 12.9. The van der Waals surface area contributed by atoms with Crippen LogP contribution in [0.1, 0.15) is 33.6 Å². The van der Waals surface area contributed by atoms with Gasteiger partial charge in [0.1, 0.15) is 5.82 Å². The van der Waals surface area contributed by atoms with Crippen LogP contribution in [-0.2, 0) is 16.6 Å². The third-order valence-corrected chi connectivity index (χ3v) is 7.57. The van der Waals surface area contributed by atoms with E-state index in [1.54, 1.807) is 18.3 Å². The molecule has 2 saturated heterocycles. The zero-order valence-electron chi connectivity index (χ0n) is 17.4. The van der Waals surface area contributed by atoms with Crippen LogP contribution in [-0.4, -0.2) is 72.0 Å². The minimum atomic E-state index is -3.15. The van der Waals surface area contributed by atoms with Crippen molar-refractivity contribution >= 4 is 21.7 Å². The summed E-state index contributed by atoms with van der Waals surface area (Å²) >= 11 is 0. The van der Waals surface area contributed by atoms with Gasteiger partial charge in [-0.1, -0.05) is 6.07 Å². The average molecular weight is 430 g/mol. The first kappa shape index (κ1) is 20.7. The standard InChI is InChI=1S/C21H27N5O3S/c1-16-12-17(2)20(23-13-16)24-7-9-25(10-8-24)21(27)18-4-5-19(22-14-18)15-26-6-3-11-30(26,28)29/h4-5,12-14H,3,6-11,15H2,1-2H3. The Kier molecular flexibility index (Phi) is 5.75. The molecule has 0 bridgehead atoms. The number of rotatable bonds is 4. The van der Waals surface area contributed by atoms with Crippen molar-refractivity contribution in [2.45, 2.75) is 26.8 Å². The van der Waals surface area contributed by atoms with Gasteiger partial charge in [-0.05, 0) is 43.5 Å². The van der Waals surface area contributed by atoms with E-state index in [9.17, 15) is 13.2 Å². The first-order valence-electron chi connectivity index (χ1n) is 10.2. The van der Waals surface area contributed by atoms with E-state index in [0.717, 1.165) is 30.0 Å². The van der Waals surface area contributed by atoms with Gasteiger partial charge in [0.2, 0.25) is 10.0 Å². The smallest absolute Gasteiger partial charge is 0.255 e. The van der Waals surface area contributed by atoms with E-state index in [2.05, 4.69) is 27.9 Å². The second-order valence-corrected chi connectivity index (χ2v) is 10.1.